The van der Waals surface area contributed by atoms with Crippen molar-refractivity contribution in [3.8, 4) is 44.5 Å². The summed E-state index contributed by atoms with van der Waals surface area (Å²) in [5, 5.41) is 15.5. The Morgan fingerprint density at radius 2 is 0.512 bits per heavy atom. The van der Waals surface area contributed by atoms with Gasteiger partial charge in [0.05, 0.1) is 33.1 Å². The number of rotatable bonds is 4. The number of nitrogens with zero attached hydrogens (tertiary/aromatic N) is 2. The molecular weight excluding hydrogens is 965 g/mol. The normalized spacial score (nSPS) is 13.2. The van der Waals surface area contributed by atoms with Gasteiger partial charge in [-0.25, -0.2) is 0 Å². The number of fused-ring (bicyclic) bond motifs is 14. The van der Waals surface area contributed by atoms with Crippen LogP contribution in [0.3, 0.4) is 0 Å². The quantitative estimate of drug-likeness (QED) is 0.155. The molecule has 2 heteroatoms. The van der Waals surface area contributed by atoms with Crippen molar-refractivity contribution < 1.29 is 0 Å². The van der Waals surface area contributed by atoms with Gasteiger partial charge in [-0.15, -0.1) is 0 Å². The molecule has 0 fully saturated rings. The largest absolute Gasteiger partial charge is 0.308 e. The molecule has 0 spiro atoms. The summed E-state index contributed by atoms with van der Waals surface area (Å²) >= 11 is 0. The molecule has 390 valence electrons. The molecule has 4 aromatic heterocycles. The van der Waals surface area contributed by atoms with Gasteiger partial charge in [-0.3, -0.25) is 0 Å². The Labute approximate surface area is 469 Å². The van der Waals surface area contributed by atoms with E-state index < -0.39 is 0 Å². The maximum absolute atomic E-state index is 2.61. The highest BCUT2D eigenvalue weighted by Crippen LogP contribution is 2.52. The lowest BCUT2D eigenvalue weighted by Gasteiger charge is -2.21. The molecule has 0 amide bonds. The zero-order chi connectivity index (χ0) is 55.1. The Bertz CT molecular complexity index is 4730. The maximum Gasteiger partial charge on any atom is 0.0620 e. The predicted octanol–water partition coefficient (Wildman–Crippen LogP) is 22.2. The van der Waals surface area contributed by atoms with Crippen molar-refractivity contribution in [2.24, 2.45) is 0 Å². The minimum absolute atomic E-state index is 0.00909. The summed E-state index contributed by atoms with van der Waals surface area (Å²) < 4.78 is 5.22. The molecule has 4 heterocycles. The zero-order valence-corrected chi connectivity index (χ0v) is 48.4. The third kappa shape index (κ3) is 7.16. The summed E-state index contributed by atoms with van der Waals surface area (Å²) in [4.78, 5) is 0. The van der Waals surface area contributed by atoms with Crippen LogP contribution in [0.2, 0.25) is 0 Å². The van der Waals surface area contributed by atoms with E-state index in [2.05, 4.69) is 286 Å². The molecule has 0 aliphatic carbocycles. The Balaban J connectivity index is 1.18. The molecule has 0 saturated heterocycles. The van der Waals surface area contributed by atoms with Gasteiger partial charge in [0, 0.05) is 43.1 Å². The number of aromatic nitrogens is 2. The molecule has 0 N–H and O–H groups in total. The first-order valence-electron chi connectivity index (χ1n) is 28.9. The van der Waals surface area contributed by atoms with Crippen molar-refractivity contribution >= 4 is 97.7 Å². The van der Waals surface area contributed by atoms with E-state index in [0.29, 0.717) is 0 Å². The zero-order valence-electron chi connectivity index (χ0n) is 48.4. The summed E-state index contributed by atoms with van der Waals surface area (Å²) in [5.41, 5.74) is 22.7. The Morgan fingerprint density at radius 1 is 0.212 bits per heavy atom. The first kappa shape index (κ1) is 48.6. The summed E-state index contributed by atoms with van der Waals surface area (Å²) in [6.45, 7) is 28.2. The molecule has 15 aromatic rings. The topological polar surface area (TPSA) is 8.82 Å². The van der Waals surface area contributed by atoms with Gasteiger partial charge in [0.25, 0.3) is 0 Å². The van der Waals surface area contributed by atoms with Crippen LogP contribution in [0.15, 0.2) is 194 Å². The van der Waals surface area contributed by atoms with E-state index in [4.69, 9.17) is 0 Å². The summed E-state index contributed by atoms with van der Waals surface area (Å²) in [5.74, 6) is 0. The van der Waals surface area contributed by atoms with Gasteiger partial charge < -0.3 is 8.80 Å². The highest BCUT2D eigenvalue weighted by Gasteiger charge is 2.29. The Morgan fingerprint density at radius 3 is 0.863 bits per heavy atom. The van der Waals surface area contributed by atoms with Crippen molar-refractivity contribution in [3.05, 3.63) is 216 Å². The molecule has 0 bridgehead atoms. The number of hydrogen-bond donors (Lipinski definition) is 0. The summed E-state index contributed by atoms with van der Waals surface area (Å²) in [7, 11) is 0. The smallest absolute Gasteiger partial charge is 0.0620 e. The fourth-order valence-electron chi connectivity index (χ4n) is 13.7. The van der Waals surface area contributed by atoms with Crippen LogP contribution < -0.4 is 0 Å². The van der Waals surface area contributed by atoms with E-state index >= 15 is 0 Å². The van der Waals surface area contributed by atoms with Crippen LogP contribution in [0, 0.1) is 0 Å². The molecule has 0 aliphatic rings. The van der Waals surface area contributed by atoms with Gasteiger partial charge in [0.15, 0.2) is 0 Å². The minimum atomic E-state index is -0.0650. The van der Waals surface area contributed by atoms with E-state index in [0.717, 1.165) is 0 Å². The second-order valence-electron chi connectivity index (χ2n) is 27.4. The van der Waals surface area contributed by atoms with E-state index in [9.17, 15) is 0 Å². The van der Waals surface area contributed by atoms with Gasteiger partial charge in [0.1, 0.15) is 0 Å². The van der Waals surface area contributed by atoms with Crippen LogP contribution in [0.1, 0.15) is 105 Å². The van der Waals surface area contributed by atoms with E-state index in [1.54, 1.807) is 0 Å². The lowest BCUT2D eigenvalue weighted by molar-refractivity contribution is 0.590. The molecular formula is C78H68N2. The SMILES string of the molecule is CC(C)(C)c1ccc2c(c1)c1cc(C(C)(C)C)cc3c4cc5c(-c6cccc(-c7ccccc7)c6)c6cc7c(cc6c(-c6cccc(-c8ccccc8)c6)c5cc4n2c13)c1cc(C(C)(C)C)cc2c3cc(C(C)(C)C)ccc3n7c21. The monoisotopic (exact) mass is 1030 g/mol. The maximum atomic E-state index is 2.61. The fraction of sp³-hybridized carbons (Fsp3) is 0.205. The van der Waals surface area contributed by atoms with Crippen molar-refractivity contribution in [1.29, 1.82) is 0 Å². The van der Waals surface area contributed by atoms with E-state index in [-0.39, 0.29) is 21.7 Å². The van der Waals surface area contributed by atoms with Gasteiger partial charge in [-0.2, -0.15) is 0 Å². The number of benzene rings is 11. The molecule has 2 nitrogen and oxygen atoms in total. The van der Waals surface area contributed by atoms with Gasteiger partial charge in [0.2, 0.25) is 0 Å². The van der Waals surface area contributed by atoms with Crippen LogP contribution in [0.4, 0.5) is 0 Å². The standard InChI is InChI=1S/C78H68N2/c1-75(2,3)51-29-31-67-55(35-51)63-37-53(77(7,8)9)39-65-57-41-59-61(43-69(57)79(67)73(63)65)71(49-27-19-25-47(33-49)45-21-15-13-16-22-45)60-42-58-66-40-54(78(10,11)12)38-64-56-36-52(76(4,5)6)30-32-68(56)80(74(64)66)70(58)44-62(60)72(59)50-28-20-26-48(34-50)46-23-17-14-18-24-46/h13-44H,1-12H3. The average molecular weight is 1030 g/mol. The third-order valence-corrected chi connectivity index (χ3v) is 18.1. The molecule has 11 aromatic carbocycles. The van der Waals surface area contributed by atoms with Crippen LogP contribution in [-0.4, -0.2) is 8.80 Å². The summed E-state index contributed by atoms with van der Waals surface area (Å²) in [6.07, 6.45) is 0. The molecule has 15 rings (SSSR count). The predicted molar refractivity (Wildman–Crippen MR) is 347 cm³/mol. The lowest BCUT2D eigenvalue weighted by atomic mass is 9.82. The second-order valence-corrected chi connectivity index (χ2v) is 27.4. The first-order valence-corrected chi connectivity index (χ1v) is 28.9. The average Bonchev–Trinajstić information content (AvgIpc) is 4.36. The highest BCUT2D eigenvalue weighted by molar-refractivity contribution is 6.32. The third-order valence-electron chi connectivity index (χ3n) is 18.1. The molecule has 0 radical (unpaired) electrons. The van der Waals surface area contributed by atoms with Gasteiger partial charge in [-0.05, 0) is 195 Å². The van der Waals surface area contributed by atoms with Gasteiger partial charge >= 0.3 is 0 Å². The van der Waals surface area contributed by atoms with E-state index in [1.165, 1.54) is 164 Å². The van der Waals surface area contributed by atoms with Gasteiger partial charge in [-0.1, -0.05) is 192 Å². The van der Waals surface area contributed by atoms with Crippen molar-refractivity contribution in [3.63, 3.8) is 0 Å². The van der Waals surface area contributed by atoms with Crippen LogP contribution in [0.25, 0.3) is 142 Å². The van der Waals surface area contributed by atoms with Crippen LogP contribution >= 0.6 is 0 Å². The first-order chi connectivity index (χ1) is 38.2. The van der Waals surface area contributed by atoms with Crippen LogP contribution in [0.5, 0.6) is 0 Å². The second kappa shape index (κ2) is 16.6. The molecule has 0 unspecified atom stereocenters. The summed E-state index contributed by atoms with van der Waals surface area (Å²) in [6, 6.07) is 75.4. The highest BCUT2D eigenvalue weighted by atomic mass is 14.9. The fourth-order valence-corrected chi connectivity index (χ4v) is 13.7. The molecule has 80 heavy (non-hydrogen) atoms. The number of hydrogen-bond acceptors (Lipinski definition) is 0. The molecule has 0 atom stereocenters. The minimum Gasteiger partial charge on any atom is -0.308 e. The molecule has 0 aliphatic heterocycles. The van der Waals surface area contributed by atoms with Crippen molar-refractivity contribution in [2.75, 3.05) is 0 Å². The Kier molecular flexibility index (Phi) is 10.1. The lowest BCUT2D eigenvalue weighted by Crippen LogP contribution is -2.11. The van der Waals surface area contributed by atoms with Crippen molar-refractivity contribution in [1.82, 2.24) is 8.80 Å². The molecule has 0 saturated carbocycles. The van der Waals surface area contributed by atoms with E-state index in [1.807, 2.05) is 0 Å². The van der Waals surface area contributed by atoms with Crippen molar-refractivity contribution in [2.45, 2.75) is 105 Å². The van der Waals surface area contributed by atoms with Crippen LogP contribution in [-0.2, 0) is 21.7 Å². The Hall–Kier alpha value is -8.46.